The van der Waals surface area contributed by atoms with Gasteiger partial charge in [-0.3, -0.25) is 14.5 Å². The number of aliphatic hydroxyl groups excluding tert-OH is 1. The molecule has 0 saturated carbocycles. The molecule has 200 valence electrons. The standard InChI is InChI=1S/C29H33N3O6/c1-19-14-23(16-26(34)30-11-5-8-22(30)18-33)38-29(19)24-15-21(31-12-13-37-28(31)36)9-10-25(24)32(27(29)35)17-20-6-3-2-4-7-20/h2-4,6-7,9-10,15,19,22-23,33H,5,8,11-14,16-18H2,1H3/t19-,22-,23-,29+/m0/s1. The van der Waals surface area contributed by atoms with Crippen molar-refractivity contribution >= 4 is 29.3 Å². The summed E-state index contributed by atoms with van der Waals surface area (Å²) in [5.41, 5.74) is 1.91. The Bertz CT molecular complexity index is 1250. The summed E-state index contributed by atoms with van der Waals surface area (Å²) in [7, 11) is 0. The summed E-state index contributed by atoms with van der Waals surface area (Å²) < 4.78 is 11.8. The van der Waals surface area contributed by atoms with E-state index in [1.807, 2.05) is 55.5 Å². The van der Waals surface area contributed by atoms with E-state index in [-0.39, 0.29) is 36.8 Å². The fraction of sp³-hybridized carbons (Fsp3) is 0.483. The van der Waals surface area contributed by atoms with Gasteiger partial charge >= 0.3 is 6.09 Å². The number of aliphatic hydroxyl groups is 1. The van der Waals surface area contributed by atoms with Gasteiger partial charge in [-0.05, 0) is 43.0 Å². The molecule has 9 heteroatoms. The zero-order valence-electron chi connectivity index (χ0n) is 21.5. The molecule has 1 spiro atoms. The zero-order valence-corrected chi connectivity index (χ0v) is 21.5. The number of benzene rings is 2. The molecule has 3 fully saturated rings. The molecule has 4 aliphatic rings. The first kappa shape index (κ1) is 24.9. The van der Waals surface area contributed by atoms with Crippen molar-refractivity contribution < 1.29 is 29.0 Å². The van der Waals surface area contributed by atoms with E-state index in [0.29, 0.717) is 38.3 Å². The first-order valence-corrected chi connectivity index (χ1v) is 13.4. The zero-order chi connectivity index (χ0) is 26.4. The van der Waals surface area contributed by atoms with E-state index in [2.05, 4.69) is 0 Å². The number of fused-ring (bicyclic) bond motifs is 2. The number of nitrogens with zero attached hydrogens (tertiary/aromatic N) is 3. The van der Waals surface area contributed by atoms with Crippen molar-refractivity contribution in [1.29, 1.82) is 0 Å². The molecule has 1 N–H and O–H groups in total. The Morgan fingerprint density at radius 2 is 1.95 bits per heavy atom. The molecule has 0 aliphatic carbocycles. The fourth-order valence-electron chi connectivity index (χ4n) is 6.57. The number of rotatable bonds is 6. The van der Waals surface area contributed by atoms with E-state index < -0.39 is 17.8 Å². The number of ether oxygens (including phenoxy) is 2. The second kappa shape index (κ2) is 9.71. The lowest BCUT2D eigenvalue weighted by molar-refractivity contribution is -0.150. The third kappa shape index (κ3) is 3.96. The van der Waals surface area contributed by atoms with Gasteiger partial charge in [0.25, 0.3) is 5.91 Å². The number of anilines is 2. The van der Waals surface area contributed by atoms with Gasteiger partial charge in [0, 0.05) is 23.7 Å². The minimum absolute atomic E-state index is 0.0420. The van der Waals surface area contributed by atoms with Crippen LogP contribution >= 0.6 is 0 Å². The van der Waals surface area contributed by atoms with E-state index in [0.717, 1.165) is 29.7 Å². The van der Waals surface area contributed by atoms with Gasteiger partial charge in [-0.25, -0.2) is 4.79 Å². The first-order valence-electron chi connectivity index (χ1n) is 13.4. The van der Waals surface area contributed by atoms with Gasteiger partial charge in [0.1, 0.15) is 6.61 Å². The average Bonchev–Trinajstić information content (AvgIpc) is 3.69. The molecule has 4 atom stereocenters. The van der Waals surface area contributed by atoms with Crippen LogP contribution in [0.15, 0.2) is 48.5 Å². The summed E-state index contributed by atoms with van der Waals surface area (Å²) in [6, 6.07) is 15.3. The normalized spacial score (nSPS) is 28.5. The quantitative estimate of drug-likeness (QED) is 0.630. The molecule has 0 radical (unpaired) electrons. The van der Waals surface area contributed by atoms with E-state index in [1.54, 1.807) is 14.7 Å². The van der Waals surface area contributed by atoms with Crippen molar-refractivity contribution in [2.75, 3.05) is 36.1 Å². The molecule has 0 aromatic heterocycles. The molecule has 38 heavy (non-hydrogen) atoms. The van der Waals surface area contributed by atoms with Gasteiger partial charge in [0.15, 0.2) is 5.60 Å². The summed E-state index contributed by atoms with van der Waals surface area (Å²) in [5, 5.41) is 9.67. The van der Waals surface area contributed by atoms with Crippen LogP contribution in [-0.2, 0) is 31.2 Å². The van der Waals surface area contributed by atoms with Crippen LogP contribution in [-0.4, -0.2) is 66.4 Å². The molecule has 0 bridgehead atoms. The Hall–Kier alpha value is -3.43. The van der Waals surface area contributed by atoms with Crippen LogP contribution in [0.3, 0.4) is 0 Å². The van der Waals surface area contributed by atoms with Crippen LogP contribution in [0.25, 0.3) is 0 Å². The van der Waals surface area contributed by atoms with Crippen LogP contribution in [0.4, 0.5) is 16.2 Å². The second-order valence-electron chi connectivity index (χ2n) is 10.7. The SMILES string of the molecule is C[C@H]1C[C@@H](CC(=O)N2CCC[C@H]2CO)O[C@]12C(=O)N(Cc1ccccc1)c1ccc(N3CCOC3=O)cc12. The number of likely N-dealkylation sites (tertiary alicyclic amines) is 1. The lowest BCUT2D eigenvalue weighted by Crippen LogP contribution is -2.44. The monoisotopic (exact) mass is 519 g/mol. The number of hydrogen-bond acceptors (Lipinski definition) is 6. The first-order chi connectivity index (χ1) is 18.4. The molecule has 0 unspecified atom stereocenters. The second-order valence-corrected chi connectivity index (χ2v) is 10.7. The molecular formula is C29H33N3O6. The van der Waals surface area contributed by atoms with Crippen molar-refractivity contribution in [1.82, 2.24) is 4.90 Å². The molecule has 2 aromatic rings. The highest BCUT2D eigenvalue weighted by atomic mass is 16.6. The van der Waals surface area contributed by atoms with Gasteiger partial charge in [0.2, 0.25) is 5.91 Å². The van der Waals surface area contributed by atoms with Gasteiger partial charge in [-0.1, -0.05) is 37.3 Å². The largest absolute Gasteiger partial charge is 0.447 e. The number of hydrogen-bond donors (Lipinski definition) is 1. The highest BCUT2D eigenvalue weighted by Gasteiger charge is 2.60. The molecular weight excluding hydrogens is 486 g/mol. The summed E-state index contributed by atoms with van der Waals surface area (Å²) in [4.78, 5) is 44.8. The smallest absolute Gasteiger partial charge is 0.414 e. The minimum atomic E-state index is -1.24. The third-order valence-corrected chi connectivity index (χ3v) is 8.46. The lowest BCUT2D eigenvalue weighted by atomic mass is 9.82. The van der Waals surface area contributed by atoms with Crippen LogP contribution in [0.2, 0.25) is 0 Å². The van der Waals surface area contributed by atoms with Gasteiger partial charge in [-0.2, -0.15) is 0 Å². The van der Waals surface area contributed by atoms with E-state index in [4.69, 9.17) is 9.47 Å². The molecule has 6 rings (SSSR count). The summed E-state index contributed by atoms with van der Waals surface area (Å²) in [6.45, 7) is 3.76. The van der Waals surface area contributed by atoms with Crippen molar-refractivity contribution in [2.24, 2.45) is 5.92 Å². The highest BCUT2D eigenvalue weighted by Crippen LogP contribution is 2.54. The maximum absolute atomic E-state index is 14.3. The van der Waals surface area contributed by atoms with E-state index in [9.17, 15) is 19.5 Å². The predicted molar refractivity (Wildman–Crippen MR) is 140 cm³/mol. The molecule has 2 aromatic carbocycles. The fourth-order valence-corrected chi connectivity index (χ4v) is 6.57. The Balaban J connectivity index is 1.34. The Kier molecular flexibility index (Phi) is 6.36. The van der Waals surface area contributed by atoms with Crippen LogP contribution < -0.4 is 9.80 Å². The van der Waals surface area contributed by atoms with Crippen LogP contribution in [0.1, 0.15) is 43.7 Å². The molecule has 9 nitrogen and oxygen atoms in total. The number of amides is 3. The van der Waals surface area contributed by atoms with Crippen LogP contribution in [0.5, 0.6) is 0 Å². The van der Waals surface area contributed by atoms with Gasteiger partial charge < -0.3 is 24.4 Å². The summed E-state index contributed by atoms with van der Waals surface area (Å²) in [6.07, 6.45) is 1.58. The predicted octanol–water partition coefficient (Wildman–Crippen LogP) is 3.18. The Labute approximate surface area is 221 Å². The van der Waals surface area contributed by atoms with Crippen molar-refractivity contribution in [3.05, 3.63) is 59.7 Å². The molecule has 3 amide bonds. The average molecular weight is 520 g/mol. The van der Waals surface area contributed by atoms with Crippen molar-refractivity contribution in [3.63, 3.8) is 0 Å². The Morgan fingerprint density at radius 3 is 2.68 bits per heavy atom. The Morgan fingerprint density at radius 1 is 1.13 bits per heavy atom. The third-order valence-electron chi connectivity index (χ3n) is 8.46. The summed E-state index contributed by atoms with van der Waals surface area (Å²) >= 11 is 0. The van der Waals surface area contributed by atoms with Crippen molar-refractivity contribution in [3.8, 4) is 0 Å². The summed E-state index contributed by atoms with van der Waals surface area (Å²) in [5.74, 6) is -0.370. The molecule has 3 saturated heterocycles. The maximum Gasteiger partial charge on any atom is 0.414 e. The maximum atomic E-state index is 14.3. The van der Waals surface area contributed by atoms with Crippen molar-refractivity contribution in [2.45, 2.75) is 56.9 Å². The minimum Gasteiger partial charge on any atom is -0.447 e. The lowest BCUT2D eigenvalue weighted by Gasteiger charge is -2.29. The highest BCUT2D eigenvalue weighted by molar-refractivity contribution is 6.08. The number of carbonyl (C=O) groups is 3. The van der Waals surface area contributed by atoms with Gasteiger partial charge in [0.05, 0.1) is 44.0 Å². The van der Waals surface area contributed by atoms with Crippen LogP contribution in [0, 0.1) is 5.92 Å². The van der Waals surface area contributed by atoms with E-state index >= 15 is 0 Å². The topological polar surface area (TPSA) is 99.6 Å². The van der Waals surface area contributed by atoms with Gasteiger partial charge in [-0.15, -0.1) is 0 Å². The van der Waals surface area contributed by atoms with E-state index in [1.165, 1.54) is 0 Å². The molecule has 4 heterocycles. The number of carbonyl (C=O) groups excluding carboxylic acids is 3. The number of cyclic esters (lactones) is 1. The molecule has 4 aliphatic heterocycles.